The van der Waals surface area contributed by atoms with E-state index in [1.54, 1.807) is 0 Å². The molecule has 1 heterocycles. The van der Waals surface area contributed by atoms with Gasteiger partial charge in [0.05, 0.1) is 19.6 Å². The van der Waals surface area contributed by atoms with E-state index in [1.807, 2.05) is 6.92 Å². The highest BCUT2D eigenvalue weighted by Gasteiger charge is 2.39. The monoisotopic (exact) mass is 466 g/mol. The van der Waals surface area contributed by atoms with Crippen LogP contribution in [0.3, 0.4) is 0 Å². The Morgan fingerprint density at radius 2 is 1.88 bits per heavy atom. The molecule has 2 aliphatic carbocycles. The lowest BCUT2D eigenvalue weighted by molar-refractivity contribution is -0.204. The number of esters is 1. The van der Waals surface area contributed by atoms with E-state index in [4.69, 9.17) is 14.2 Å². The molecule has 0 aromatic rings. The fraction of sp³-hybridized carbons (Fsp3) is 0.783. The maximum atomic E-state index is 14.5. The van der Waals surface area contributed by atoms with Gasteiger partial charge in [-0.15, -0.1) is 0 Å². The molecule has 0 saturated carbocycles. The maximum absolute atomic E-state index is 14.5. The van der Waals surface area contributed by atoms with Crippen LogP contribution in [0.15, 0.2) is 23.8 Å². The van der Waals surface area contributed by atoms with E-state index < -0.39 is 66.8 Å². The molecule has 3 rings (SSSR count). The molecule has 0 aromatic heterocycles. The molecule has 3 aliphatic rings. The lowest BCUT2D eigenvalue weighted by Gasteiger charge is -2.32. The molecular weight excluding hydrogens is 435 g/mol. The first-order chi connectivity index (χ1) is 15.3. The van der Waals surface area contributed by atoms with Crippen molar-refractivity contribution in [2.75, 3.05) is 13.2 Å². The summed E-state index contributed by atoms with van der Waals surface area (Å²) in [6, 6.07) is 0. The minimum Gasteiger partial charge on any atom is -0.458 e. The predicted molar refractivity (Wildman–Crippen MR) is 107 cm³/mol. The Kier molecular flexibility index (Phi) is 9.11. The molecular formula is C23H31F5O4. The second-order valence-electron chi connectivity index (χ2n) is 8.88. The normalized spacial score (nSPS) is 36.8. The van der Waals surface area contributed by atoms with Gasteiger partial charge in [0.2, 0.25) is 0 Å². The largest absolute Gasteiger partial charge is 0.458 e. The van der Waals surface area contributed by atoms with Crippen LogP contribution in [-0.2, 0) is 19.0 Å². The van der Waals surface area contributed by atoms with E-state index >= 15 is 0 Å². The average Bonchev–Trinajstić information content (AvgIpc) is 2.76. The lowest BCUT2D eigenvalue weighted by Crippen LogP contribution is -2.33. The van der Waals surface area contributed by atoms with Crippen molar-refractivity contribution in [1.82, 2.24) is 0 Å². The van der Waals surface area contributed by atoms with Gasteiger partial charge >= 0.3 is 5.97 Å². The summed E-state index contributed by atoms with van der Waals surface area (Å²) in [7, 11) is 0. The van der Waals surface area contributed by atoms with Gasteiger partial charge in [0.1, 0.15) is 30.1 Å². The highest BCUT2D eigenvalue weighted by atomic mass is 19.2. The maximum Gasteiger partial charge on any atom is 0.309 e. The summed E-state index contributed by atoms with van der Waals surface area (Å²) in [5, 5.41) is 0. The number of hydrogen-bond donors (Lipinski definition) is 0. The molecule has 0 N–H and O–H groups in total. The fourth-order valence-corrected chi connectivity index (χ4v) is 4.38. The molecule has 0 amide bonds. The number of rotatable bonds is 8. The molecule has 1 aliphatic heterocycles. The van der Waals surface area contributed by atoms with Crippen molar-refractivity contribution in [1.29, 1.82) is 0 Å². The third-order valence-corrected chi connectivity index (χ3v) is 6.43. The van der Waals surface area contributed by atoms with Crippen molar-refractivity contribution in [3.8, 4) is 0 Å². The quantitative estimate of drug-likeness (QED) is 0.344. The SMILES string of the molecule is CCC1COC(CCC(F)CC(=O)O[C@H]2C=C(F)[C@@H]([C@H]3C=C(F)[C@@H](F)C(F)C3)CC2)OC1. The first kappa shape index (κ1) is 25.1. The first-order valence-corrected chi connectivity index (χ1v) is 11.4. The molecule has 0 radical (unpaired) electrons. The minimum atomic E-state index is -2.30. The van der Waals surface area contributed by atoms with Crippen molar-refractivity contribution in [2.24, 2.45) is 17.8 Å². The summed E-state index contributed by atoms with van der Waals surface area (Å²) in [4.78, 5) is 12.0. The summed E-state index contributed by atoms with van der Waals surface area (Å²) in [5.41, 5.74) is 0. The Labute approximate surface area is 185 Å². The summed E-state index contributed by atoms with van der Waals surface area (Å²) in [5.74, 6) is -3.89. The molecule has 0 bridgehead atoms. The number of hydrogen-bond acceptors (Lipinski definition) is 4. The van der Waals surface area contributed by atoms with Gasteiger partial charge in [-0.2, -0.15) is 0 Å². The zero-order valence-corrected chi connectivity index (χ0v) is 18.2. The molecule has 2 unspecified atom stereocenters. The van der Waals surface area contributed by atoms with Gasteiger partial charge < -0.3 is 14.2 Å². The van der Waals surface area contributed by atoms with E-state index in [2.05, 4.69) is 0 Å². The second-order valence-corrected chi connectivity index (χ2v) is 8.88. The van der Waals surface area contributed by atoms with Crippen LogP contribution in [0.25, 0.3) is 0 Å². The standard InChI is InChI=1S/C23H31F5O4/c1-2-13-11-30-22(31-12-13)6-3-15(24)9-21(29)32-16-4-5-17(18(25)10-16)14-7-19(26)23(28)20(27)8-14/h7,10,13-17,20,22-23H,2-6,8-9,11-12H2,1H3/t13?,14-,15?,16+,17+,20?,22?,23+/m0/s1. The van der Waals surface area contributed by atoms with Crippen LogP contribution in [0.1, 0.15) is 51.9 Å². The summed E-state index contributed by atoms with van der Waals surface area (Å²) in [6.07, 6.45) is -4.03. The number of halogens is 5. The third-order valence-electron chi connectivity index (χ3n) is 6.43. The molecule has 6 atom stereocenters. The van der Waals surface area contributed by atoms with E-state index in [-0.39, 0.29) is 25.7 Å². The Bertz CT molecular complexity index is 692. The van der Waals surface area contributed by atoms with Crippen LogP contribution in [0.4, 0.5) is 22.0 Å². The van der Waals surface area contributed by atoms with Crippen LogP contribution in [0, 0.1) is 17.8 Å². The second kappa shape index (κ2) is 11.6. The number of alkyl halides is 3. The van der Waals surface area contributed by atoms with Crippen LogP contribution in [0.2, 0.25) is 0 Å². The first-order valence-electron chi connectivity index (χ1n) is 11.4. The van der Waals surface area contributed by atoms with Gasteiger partial charge in [-0.3, -0.25) is 4.79 Å². The number of carbonyl (C=O) groups excluding carboxylic acids is 1. The van der Waals surface area contributed by atoms with E-state index in [1.165, 1.54) is 0 Å². The van der Waals surface area contributed by atoms with E-state index in [9.17, 15) is 26.7 Å². The zero-order valence-electron chi connectivity index (χ0n) is 18.2. The predicted octanol–water partition coefficient (Wildman–Crippen LogP) is 5.62. The van der Waals surface area contributed by atoms with Crippen LogP contribution >= 0.6 is 0 Å². The van der Waals surface area contributed by atoms with Crippen molar-refractivity contribution in [2.45, 2.75) is 82.8 Å². The van der Waals surface area contributed by atoms with E-state index in [0.717, 1.165) is 18.6 Å². The van der Waals surface area contributed by atoms with Crippen LogP contribution in [0.5, 0.6) is 0 Å². The average molecular weight is 466 g/mol. The van der Waals surface area contributed by atoms with Crippen molar-refractivity contribution in [3.05, 3.63) is 23.8 Å². The van der Waals surface area contributed by atoms with Crippen molar-refractivity contribution in [3.63, 3.8) is 0 Å². The molecule has 0 aromatic carbocycles. The Morgan fingerprint density at radius 1 is 1.16 bits per heavy atom. The lowest BCUT2D eigenvalue weighted by atomic mass is 9.77. The molecule has 9 heteroatoms. The highest BCUT2D eigenvalue weighted by molar-refractivity contribution is 5.70. The van der Waals surface area contributed by atoms with Gasteiger partial charge in [-0.05, 0) is 50.2 Å². The summed E-state index contributed by atoms with van der Waals surface area (Å²) >= 11 is 0. The van der Waals surface area contributed by atoms with Gasteiger partial charge in [-0.25, -0.2) is 22.0 Å². The molecule has 1 saturated heterocycles. The number of carbonyl (C=O) groups is 1. The van der Waals surface area contributed by atoms with Crippen molar-refractivity contribution >= 4 is 5.97 Å². The van der Waals surface area contributed by atoms with Crippen LogP contribution < -0.4 is 0 Å². The summed E-state index contributed by atoms with van der Waals surface area (Å²) < 4.78 is 85.4. The van der Waals surface area contributed by atoms with Gasteiger partial charge in [0.25, 0.3) is 0 Å². The minimum absolute atomic E-state index is 0.0764. The molecule has 182 valence electrons. The zero-order chi connectivity index (χ0) is 23.3. The highest BCUT2D eigenvalue weighted by Crippen LogP contribution is 2.41. The topological polar surface area (TPSA) is 44.8 Å². The van der Waals surface area contributed by atoms with Gasteiger partial charge in [-0.1, -0.05) is 6.92 Å². The van der Waals surface area contributed by atoms with Crippen molar-refractivity contribution < 1.29 is 41.0 Å². The smallest absolute Gasteiger partial charge is 0.309 e. The molecule has 0 spiro atoms. The van der Waals surface area contributed by atoms with E-state index in [0.29, 0.717) is 25.6 Å². The molecule has 4 nitrogen and oxygen atoms in total. The molecule has 32 heavy (non-hydrogen) atoms. The van der Waals surface area contributed by atoms with Gasteiger partial charge in [0, 0.05) is 18.3 Å². The number of allylic oxidation sites excluding steroid dienone is 3. The Hall–Kier alpha value is -1.48. The third kappa shape index (κ3) is 6.76. The van der Waals surface area contributed by atoms with Crippen LogP contribution in [-0.4, -0.2) is 50.1 Å². The van der Waals surface area contributed by atoms with Gasteiger partial charge in [0.15, 0.2) is 12.5 Å². The number of ether oxygens (including phenoxy) is 3. The Balaban J connectivity index is 1.41. The Morgan fingerprint density at radius 3 is 2.50 bits per heavy atom. The molecule has 1 fully saturated rings. The summed E-state index contributed by atoms with van der Waals surface area (Å²) in [6.45, 7) is 3.19. The fourth-order valence-electron chi connectivity index (χ4n) is 4.38.